The first-order chi connectivity index (χ1) is 11.3. The van der Waals surface area contributed by atoms with Gasteiger partial charge < -0.3 is 0 Å². The Morgan fingerprint density at radius 2 is 1.79 bits per heavy atom. The molecule has 24 heavy (non-hydrogen) atoms. The Kier molecular flexibility index (Phi) is 2.90. The number of amides is 3. The van der Waals surface area contributed by atoms with Gasteiger partial charge in [0.2, 0.25) is 11.8 Å². The van der Waals surface area contributed by atoms with Crippen molar-refractivity contribution in [3.63, 3.8) is 0 Å². The monoisotopic (exact) mass is 327 g/mol. The number of para-hydroxylation sites is 1. The number of imide groups is 1. The minimum absolute atomic E-state index is 0.0289. The summed E-state index contributed by atoms with van der Waals surface area (Å²) in [6.45, 7) is 6.61. The first kappa shape index (κ1) is 15.2. The van der Waals surface area contributed by atoms with Crippen molar-refractivity contribution in [2.24, 2.45) is 5.41 Å². The highest BCUT2D eigenvalue weighted by molar-refractivity contribution is 6.13. The molecule has 3 aliphatic rings. The number of carbonyl (C=O) groups excluding carboxylic acids is 3. The summed E-state index contributed by atoms with van der Waals surface area (Å²) in [7, 11) is 0. The molecule has 2 saturated heterocycles. The van der Waals surface area contributed by atoms with Gasteiger partial charge in [0.15, 0.2) is 5.54 Å². The van der Waals surface area contributed by atoms with E-state index in [1.54, 1.807) is 5.01 Å². The van der Waals surface area contributed by atoms with Gasteiger partial charge >= 0.3 is 0 Å². The second-order valence-corrected chi connectivity index (χ2v) is 7.46. The molecule has 6 heteroatoms. The normalized spacial score (nSPS) is 27.5. The van der Waals surface area contributed by atoms with Gasteiger partial charge in [-0.1, -0.05) is 25.1 Å². The van der Waals surface area contributed by atoms with Crippen LogP contribution in [0.2, 0.25) is 0 Å². The lowest BCUT2D eigenvalue weighted by atomic mass is 9.84. The molecule has 3 heterocycles. The molecular formula is C18H21N3O3. The maximum atomic E-state index is 13.3. The Morgan fingerprint density at radius 3 is 2.50 bits per heavy atom. The van der Waals surface area contributed by atoms with E-state index in [4.69, 9.17) is 0 Å². The van der Waals surface area contributed by atoms with E-state index < -0.39 is 11.0 Å². The van der Waals surface area contributed by atoms with Crippen LogP contribution in [0.3, 0.4) is 0 Å². The Balaban J connectivity index is 1.93. The Bertz CT molecular complexity index is 773. The summed E-state index contributed by atoms with van der Waals surface area (Å²) in [4.78, 5) is 40.2. The van der Waals surface area contributed by atoms with Crippen LogP contribution in [0.5, 0.6) is 0 Å². The lowest BCUT2D eigenvalue weighted by molar-refractivity contribution is -0.150. The van der Waals surface area contributed by atoms with E-state index in [-0.39, 0.29) is 24.1 Å². The maximum absolute atomic E-state index is 13.3. The van der Waals surface area contributed by atoms with E-state index in [2.05, 4.69) is 0 Å². The van der Waals surface area contributed by atoms with Gasteiger partial charge in [0.1, 0.15) is 0 Å². The number of anilines is 1. The zero-order chi connectivity index (χ0) is 17.3. The molecule has 1 aromatic rings. The number of nitrogens with zero attached hydrogens (tertiary/aromatic N) is 3. The molecule has 1 unspecified atom stereocenters. The predicted octanol–water partition coefficient (Wildman–Crippen LogP) is 1.65. The Morgan fingerprint density at radius 1 is 1.08 bits per heavy atom. The maximum Gasteiger partial charge on any atom is 0.262 e. The van der Waals surface area contributed by atoms with Crippen LogP contribution in [0.25, 0.3) is 0 Å². The van der Waals surface area contributed by atoms with Crippen molar-refractivity contribution < 1.29 is 14.4 Å². The van der Waals surface area contributed by atoms with Crippen LogP contribution in [-0.4, -0.2) is 40.7 Å². The van der Waals surface area contributed by atoms with Gasteiger partial charge in [0, 0.05) is 12.1 Å². The number of benzene rings is 1. The van der Waals surface area contributed by atoms with Gasteiger partial charge in [-0.25, -0.2) is 5.01 Å². The van der Waals surface area contributed by atoms with Crippen LogP contribution in [0.4, 0.5) is 5.69 Å². The Labute approximate surface area is 141 Å². The van der Waals surface area contributed by atoms with E-state index in [1.807, 2.05) is 50.0 Å². The summed E-state index contributed by atoms with van der Waals surface area (Å²) in [6.07, 6.45) is 0.736. The average Bonchev–Trinajstić information content (AvgIpc) is 3.05. The smallest absolute Gasteiger partial charge is 0.262 e. The number of carbonyl (C=O) groups is 3. The van der Waals surface area contributed by atoms with Crippen molar-refractivity contribution in [1.29, 1.82) is 0 Å². The lowest BCUT2D eigenvalue weighted by Crippen LogP contribution is -2.53. The van der Waals surface area contributed by atoms with Gasteiger partial charge in [-0.3, -0.25) is 24.3 Å². The molecular weight excluding hydrogens is 306 g/mol. The van der Waals surface area contributed by atoms with Crippen LogP contribution in [0.15, 0.2) is 24.3 Å². The first-order valence-corrected chi connectivity index (χ1v) is 8.41. The van der Waals surface area contributed by atoms with Gasteiger partial charge in [-0.15, -0.1) is 0 Å². The highest BCUT2D eigenvalue weighted by atomic mass is 16.2. The van der Waals surface area contributed by atoms with Crippen molar-refractivity contribution in [2.75, 3.05) is 18.1 Å². The van der Waals surface area contributed by atoms with Crippen LogP contribution >= 0.6 is 0 Å². The molecule has 126 valence electrons. The third kappa shape index (κ3) is 1.58. The number of hydrogen-bond donors (Lipinski definition) is 0. The van der Waals surface area contributed by atoms with E-state index in [0.717, 1.165) is 11.3 Å². The minimum atomic E-state index is -1.20. The number of hydrazine groups is 1. The van der Waals surface area contributed by atoms with Gasteiger partial charge in [-0.2, -0.15) is 0 Å². The molecule has 4 rings (SSSR count). The predicted molar refractivity (Wildman–Crippen MR) is 87.7 cm³/mol. The summed E-state index contributed by atoms with van der Waals surface area (Å²) in [5, 5.41) is 3.45. The summed E-state index contributed by atoms with van der Waals surface area (Å²) in [5.41, 5.74) is -0.155. The second kappa shape index (κ2) is 4.59. The highest BCUT2D eigenvalue weighted by Crippen LogP contribution is 2.54. The molecule has 0 aliphatic carbocycles. The number of rotatable bonds is 2. The van der Waals surface area contributed by atoms with Crippen LogP contribution in [0.1, 0.15) is 39.2 Å². The zero-order valence-corrected chi connectivity index (χ0v) is 14.2. The molecule has 0 aromatic heterocycles. The molecule has 0 N–H and O–H groups in total. The molecule has 3 aliphatic heterocycles. The molecule has 0 saturated carbocycles. The number of hydrogen-bond acceptors (Lipinski definition) is 4. The van der Waals surface area contributed by atoms with Gasteiger partial charge in [0.25, 0.3) is 5.91 Å². The van der Waals surface area contributed by atoms with Crippen LogP contribution in [-0.2, 0) is 19.9 Å². The fraction of sp³-hybridized carbons (Fsp3) is 0.500. The van der Waals surface area contributed by atoms with Gasteiger partial charge in [0.05, 0.1) is 24.1 Å². The van der Waals surface area contributed by atoms with Gasteiger partial charge in [-0.05, 0) is 26.3 Å². The largest absolute Gasteiger partial charge is 0.280 e. The topological polar surface area (TPSA) is 60.9 Å². The summed E-state index contributed by atoms with van der Waals surface area (Å²) in [6, 6.07) is 7.55. The van der Waals surface area contributed by atoms with E-state index in [9.17, 15) is 14.4 Å². The highest BCUT2D eigenvalue weighted by Gasteiger charge is 2.67. The first-order valence-electron chi connectivity index (χ1n) is 8.41. The van der Waals surface area contributed by atoms with Crippen LogP contribution in [0, 0.1) is 5.41 Å². The number of likely N-dealkylation sites (tertiary alicyclic amines) is 1. The van der Waals surface area contributed by atoms with E-state index >= 15 is 0 Å². The van der Waals surface area contributed by atoms with Crippen molar-refractivity contribution in [3.8, 4) is 0 Å². The second-order valence-electron chi connectivity index (χ2n) is 7.46. The summed E-state index contributed by atoms with van der Waals surface area (Å²) < 4.78 is 0. The van der Waals surface area contributed by atoms with Crippen molar-refractivity contribution in [1.82, 2.24) is 9.91 Å². The van der Waals surface area contributed by atoms with Crippen molar-refractivity contribution in [2.45, 2.75) is 39.2 Å². The van der Waals surface area contributed by atoms with E-state index in [0.29, 0.717) is 19.5 Å². The Hall–Kier alpha value is -2.37. The van der Waals surface area contributed by atoms with Crippen molar-refractivity contribution in [3.05, 3.63) is 29.8 Å². The molecule has 6 nitrogen and oxygen atoms in total. The third-order valence-electron chi connectivity index (χ3n) is 5.30. The van der Waals surface area contributed by atoms with E-state index in [1.165, 1.54) is 4.90 Å². The molecule has 3 amide bonds. The lowest BCUT2D eigenvalue weighted by Gasteiger charge is -2.33. The average molecular weight is 327 g/mol. The summed E-state index contributed by atoms with van der Waals surface area (Å²) in [5.74, 6) is -0.565. The third-order valence-corrected chi connectivity index (χ3v) is 5.30. The molecule has 0 radical (unpaired) electrons. The molecule has 1 atom stereocenters. The van der Waals surface area contributed by atoms with Crippen LogP contribution < -0.4 is 5.01 Å². The molecule has 1 spiro atoms. The number of fused-ring (bicyclic) bond motifs is 5. The minimum Gasteiger partial charge on any atom is -0.280 e. The quantitative estimate of drug-likeness (QED) is 0.775. The summed E-state index contributed by atoms with van der Waals surface area (Å²) >= 11 is 0. The SMILES string of the molecule is CCCN1C(=O)CC2(C1=O)c1ccccc1N1CC(C)(C)C(=O)N12. The molecule has 1 aromatic carbocycles. The fourth-order valence-electron chi connectivity index (χ4n) is 4.20. The zero-order valence-electron chi connectivity index (χ0n) is 14.2. The standard InChI is InChI=1S/C18H21N3O3/c1-4-9-19-14(22)10-18(16(19)24)12-7-5-6-8-13(12)20-11-17(2,3)15(23)21(18)20/h5-8H,4,9-11H2,1-3H3. The fourth-order valence-corrected chi connectivity index (χ4v) is 4.20. The molecule has 2 fully saturated rings. The van der Waals surface area contributed by atoms with Crippen molar-refractivity contribution >= 4 is 23.4 Å². The molecule has 0 bridgehead atoms.